The molecule has 0 aliphatic heterocycles. The van der Waals surface area contributed by atoms with Crippen LogP contribution in [0.4, 0.5) is 19.7 Å². The van der Waals surface area contributed by atoms with Gasteiger partial charge < -0.3 is 25.0 Å². The van der Waals surface area contributed by atoms with E-state index < -0.39 is 41.4 Å². The average Bonchev–Trinajstić information content (AvgIpc) is 2.50. The van der Waals surface area contributed by atoms with Crippen molar-refractivity contribution in [2.45, 2.75) is 65.0 Å². The van der Waals surface area contributed by atoms with Crippen molar-refractivity contribution in [1.82, 2.24) is 5.32 Å². The molecule has 158 valence electrons. The van der Waals surface area contributed by atoms with E-state index in [2.05, 4.69) is 10.6 Å². The molecule has 2 amide bonds. The highest BCUT2D eigenvalue weighted by molar-refractivity contribution is 5.85. The zero-order chi connectivity index (χ0) is 21.7. The number of benzene rings is 1. The monoisotopic (exact) mass is 400 g/mol. The van der Waals surface area contributed by atoms with Gasteiger partial charge >= 0.3 is 12.2 Å². The Bertz CT molecular complexity index is 697. The molecule has 1 aromatic carbocycles. The van der Waals surface area contributed by atoms with Crippen LogP contribution in [0.1, 0.15) is 53.2 Å². The van der Waals surface area contributed by atoms with Crippen molar-refractivity contribution >= 4 is 17.9 Å². The minimum atomic E-state index is -1.46. The lowest BCUT2D eigenvalue weighted by Crippen LogP contribution is -2.38. The third-order valence-corrected chi connectivity index (χ3v) is 3.19. The summed E-state index contributed by atoms with van der Waals surface area (Å²) in [6.45, 7) is 9.80. The summed E-state index contributed by atoms with van der Waals surface area (Å²) in [5, 5.41) is 24.8. The number of ether oxygens (including phenoxy) is 2. The molecule has 0 aromatic heterocycles. The van der Waals surface area contributed by atoms with Gasteiger partial charge in [-0.25, -0.2) is 14.0 Å². The Morgan fingerprint density at radius 1 is 1.04 bits per heavy atom. The normalized spacial score (nSPS) is 14.0. The molecule has 0 saturated heterocycles. The Balaban J connectivity index is 2.69. The first-order valence-electron chi connectivity index (χ1n) is 8.80. The number of nitrogens with one attached hydrogen (secondary N) is 2. The van der Waals surface area contributed by atoms with Crippen LogP contribution in [0.3, 0.4) is 0 Å². The summed E-state index contributed by atoms with van der Waals surface area (Å²) in [5.41, 5.74) is -1.49. The number of anilines is 1. The number of carbonyl (C=O) groups excluding carboxylic acids is 2. The van der Waals surface area contributed by atoms with Gasteiger partial charge in [-0.2, -0.15) is 0 Å². The molecule has 0 saturated carbocycles. The molecule has 1 aromatic rings. The summed E-state index contributed by atoms with van der Waals surface area (Å²) >= 11 is 0. The number of amides is 2. The van der Waals surface area contributed by atoms with Crippen molar-refractivity contribution in [3.8, 4) is 0 Å². The van der Waals surface area contributed by atoms with Crippen LogP contribution in [0.2, 0.25) is 0 Å². The number of halogens is 1. The van der Waals surface area contributed by atoms with E-state index in [9.17, 15) is 24.2 Å². The largest absolute Gasteiger partial charge is 0.444 e. The highest BCUT2D eigenvalue weighted by Crippen LogP contribution is 2.23. The first kappa shape index (κ1) is 23.6. The molecule has 4 N–H and O–H groups in total. The van der Waals surface area contributed by atoms with E-state index in [0.717, 1.165) is 6.07 Å². The van der Waals surface area contributed by atoms with Gasteiger partial charge in [-0.1, -0.05) is 6.07 Å². The minimum Gasteiger partial charge on any atom is -0.444 e. The van der Waals surface area contributed by atoms with Gasteiger partial charge in [0.2, 0.25) is 0 Å². The third kappa shape index (κ3) is 8.53. The highest BCUT2D eigenvalue weighted by atomic mass is 19.1. The lowest BCUT2D eigenvalue weighted by atomic mass is 10.0. The number of hydrogen-bond donors (Lipinski definition) is 4. The van der Waals surface area contributed by atoms with E-state index in [1.165, 1.54) is 12.1 Å². The van der Waals surface area contributed by atoms with Gasteiger partial charge in [0.05, 0.1) is 5.69 Å². The fourth-order valence-electron chi connectivity index (χ4n) is 2.07. The molecule has 2 atom stereocenters. The van der Waals surface area contributed by atoms with Crippen molar-refractivity contribution in [2.75, 3.05) is 11.9 Å². The van der Waals surface area contributed by atoms with Crippen molar-refractivity contribution in [1.29, 1.82) is 0 Å². The fraction of sp³-hybridized carbons (Fsp3) is 0.579. The average molecular weight is 400 g/mol. The molecular weight excluding hydrogens is 371 g/mol. The lowest BCUT2D eigenvalue weighted by Gasteiger charge is -2.22. The molecule has 0 spiro atoms. The Hall–Kier alpha value is -2.39. The highest BCUT2D eigenvalue weighted by Gasteiger charge is 2.23. The van der Waals surface area contributed by atoms with Crippen molar-refractivity contribution in [2.24, 2.45) is 0 Å². The fourth-order valence-corrected chi connectivity index (χ4v) is 2.07. The maximum Gasteiger partial charge on any atom is 0.412 e. The number of hydrogen-bond acceptors (Lipinski definition) is 6. The van der Waals surface area contributed by atoms with E-state index in [1.54, 1.807) is 41.5 Å². The van der Waals surface area contributed by atoms with Crippen LogP contribution in [0.5, 0.6) is 0 Å². The summed E-state index contributed by atoms with van der Waals surface area (Å²) in [6, 6.07) is 3.57. The van der Waals surface area contributed by atoms with Crippen molar-refractivity contribution in [3.63, 3.8) is 0 Å². The second-order valence-electron chi connectivity index (χ2n) is 8.26. The Morgan fingerprint density at radius 3 is 2.07 bits per heavy atom. The van der Waals surface area contributed by atoms with Gasteiger partial charge in [-0.3, -0.25) is 5.32 Å². The van der Waals surface area contributed by atoms with Gasteiger partial charge in [0.15, 0.2) is 0 Å². The molecular formula is C19H29FN2O6. The zero-order valence-electron chi connectivity index (χ0n) is 17.0. The predicted molar refractivity (Wildman–Crippen MR) is 101 cm³/mol. The summed E-state index contributed by atoms with van der Waals surface area (Å²) in [5.74, 6) is -0.810. The van der Waals surface area contributed by atoms with Crippen molar-refractivity contribution in [3.05, 3.63) is 29.6 Å². The van der Waals surface area contributed by atoms with E-state index in [0.29, 0.717) is 0 Å². The molecule has 8 nitrogen and oxygen atoms in total. The molecule has 0 fully saturated rings. The Kier molecular flexibility index (Phi) is 7.77. The summed E-state index contributed by atoms with van der Waals surface area (Å²) in [4.78, 5) is 23.3. The summed E-state index contributed by atoms with van der Waals surface area (Å²) in [6.07, 6.45) is -4.42. The second kappa shape index (κ2) is 9.20. The van der Waals surface area contributed by atoms with E-state index >= 15 is 0 Å². The smallest absolute Gasteiger partial charge is 0.412 e. The zero-order valence-corrected chi connectivity index (χ0v) is 17.0. The third-order valence-electron chi connectivity index (χ3n) is 3.19. The maximum absolute atomic E-state index is 14.2. The van der Waals surface area contributed by atoms with E-state index in [4.69, 9.17) is 9.47 Å². The number of carbonyl (C=O) groups is 2. The van der Waals surface area contributed by atoms with Gasteiger partial charge in [0.25, 0.3) is 0 Å². The Morgan fingerprint density at radius 2 is 1.57 bits per heavy atom. The van der Waals surface area contributed by atoms with Gasteiger partial charge in [-0.15, -0.1) is 0 Å². The lowest BCUT2D eigenvalue weighted by molar-refractivity contribution is 0.0128. The molecule has 1 rings (SSSR count). The number of rotatable bonds is 5. The maximum atomic E-state index is 14.2. The van der Waals surface area contributed by atoms with Gasteiger partial charge in [0, 0.05) is 6.54 Å². The van der Waals surface area contributed by atoms with Crippen LogP contribution < -0.4 is 10.6 Å². The van der Waals surface area contributed by atoms with Crippen LogP contribution in [0.25, 0.3) is 0 Å². The second-order valence-corrected chi connectivity index (χ2v) is 8.26. The van der Waals surface area contributed by atoms with Gasteiger partial charge in [0.1, 0.15) is 29.2 Å². The quantitative estimate of drug-likeness (QED) is 0.603. The molecule has 9 heteroatoms. The molecule has 0 aliphatic rings. The number of aliphatic hydroxyl groups excluding tert-OH is 2. The number of alkyl carbamates (subject to hydrolysis) is 1. The van der Waals surface area contributed by atoms with Crippen LogP contribution in [-0.2, 0) is 9.47 Å². The minimum absolute atomic E-state index is 0.0747. The first-order valence-corrected chi connectivity index (χ1v) is 8.80. The molecule has 2 unspecified atom stereocenters. The summed E-state index contributed by atoms with van der Waals surface area (Å²) in [7, 11) is 0. The van der Waals surface area contributed by atoms with Crippen molar-refractivity contribution < 1.29 is 33.7 Å². The molecule has 0 heterocycles. The van der Waals surface area contributed by atoms with E-state index in [1.807, 2.05) is 0 Å². The van der Waals surface area contributed by atoms with Crippen LogP contribution >= 0.6 is 0 Å². The van der Waals surface area contributed by atoms with Gasteiger partial charge in [-0.05, 0) is 59.2 Å². The predicted octanol–water partition coefficient (Wildman–Crippen LogP) is 3.09. The standard InChI is InChI=1S/C19H29FN2O6/c1-18(2,3)27-16(25)21-10-14(23)15(24)11-7-8-13(12(20)9-11)22-17(26)28-19(4,5)6/h7-9,14-15,23-24H,10H2,1-6H3,(H,21,25)(H,22,26). The van der Waals surface area contributed by atoms with E-state index in [-0.39, 0.29) is 17.8 Å². The molecule has 0 radical (unpaired) electrons. The topological polar surface area (TPSA) is 117 Å². The summed E-state index contributed by atoms with van der Waals surface area (Å²) < 4.78 is 24.3. The number of aliphatic hydroxyl groups is 2. The molecule has 0 bridgehead atoms. The van der Waals surface area contributed by atoms with Crippen LogP contribution in [-0.4, -0.2) is 46.3 Å². The first-order chi connectivity index (χ1) is 12.7. The van der Waals surface area contributed by atoms with Crippen LogP contribution in [0, 0.1) is 5.82 Å². The Labute approximate surface area is 164 Å². The molecule has 0 aliphatic carbocycles. The molecule has 28 heavy (non-hydrogen) atoms. The SMILES string of the molecule is CC(C)(C)OC(=O)NCC(O)C(O)c1ccc(NC(=O)OC(C)(C)C)c(F)c1. The van der Waals surface area contributed by atoms with Crippen LogP contribution in [0.15, 0.2) is 18.2 Å².